The highest BCUT2D eigenvalue weighted by atomic mass is 16.5. The Morgan fingerprint density at radius 3 is 2.67 bits per heavy atom. The van der Waals surface area contributed by atoms with E-state index in [1.54, 1.807) is 13.2 Å². The number of carbonyl (C=O) groups excluding carboxylic acids is 1. The van der Waals surface area contributed by atoms with Gasteiger partial charge in [0.05, 0.1) is 26.2 Å². The van der Waals surface area contributed by atoms with Crippen LogP contribution in [-0.2, 0) is 11.2 Å². The second-order valence-electron chi connectivity index (χ2n) is 7.25. The summed E-state index contributed by atoms with van der Waals surface area (Å²) in [6, 6.07) is 11.9. The fraction of sp³-hybridized carbons (Fsp3) is 0.435. The van der Waals surface area contributed by atoms with Gasteiger partial charge in [-0.25, -0.2) is 0 Å². The zero-order valence-corrected chi connectivity index (χ0v) is 18.1. The van der Waals surface area contributed by atoms with Gasteiger partial charge in [-0.1, -0.05) is 29.4 Å². The number of nitrogens with zero attached hydrogens (tertiary/aromatic N) is 3. The van der Waals surface area contributed by atoms with E-state index < -0.39 is 0 Å². The molecule has 7 nitrogen and oxygen atoms in total. The van der Waals surface area contributed by atoms with Crippen LogP contribution in [0.2, 0.25) is 0 Å². The van der Waals surface area contributed by atoms with Gasteiger partial charge in [0, 0.05) is 11.5 Å². The van der Waals surface area contributed by atoms with E-state index in [1.165, 1.54) is 16.7 Å². The van der Waals surface area contributed by atoms with Gasteiger partial charge >= 0.3 is 0 Å². The molecular formula is C23H30N4O3. The SMILES string of the molecule is COc1cc(C(C)C(=O)NCCCc2ccc(C)c(C)c2)ccc1OCCN=[N+]=[N-]. The summed E-state index contributed by atoms with van der Waals surface area (Å²) in [4.78, 5) is 15.2. The molecule has 0 aliphatic carbocycles. The lowest BCUT2D eigenvalue weighted by Crippen LogP contribution is -2.29. The molecular weight excluding hydrogens is 380 g/mol. The third-order valence-corrected chi connectivity index (χ3v) is 5.11. The van der Waals surface area contributed by atoms with Crippen LogP contribution in [0.15, 0.2) is 41.5 Å². The Hall–Kier alpha value is -3.18. The molecule has 0 aliphatic heterocycles. The Labute approximate surface area is 178 Å². The van der Waals surface area contributed by atoms with Crippen LogP contribution < -0.4 is 14.8 Å². The van der Waals surface area contributed by atoms with Crippen LogP contribution in [0.3, 0.4) is 0 Å². The molecule has 7 heteroatoms. The van der Waals surface area contributed by atoms with Gasteiger partial charge in [0.25, 0.3) is 0 Å². The highest BCUT2D eigenvalue weighted by Crippen LogP contribution is 2.31. The van der Waals surface area contributed by atoms with Crippen molar-refractivity contribution < 1.29 is 14.3 Å². The highest BCUT2D eigenvalue weighted by Gasteiger charge is 2.17. The minimum absolute atomic E-state index is 0.0193. The summed E-state index contributed by atoms with van der Waals surface area (Å²) in [7, 11) is 1.55. The molecule has 0 radical (unpaired) electrons. The quantitative estimate of drug-likeness (QED) is 0.248. The number of ether oxygens (including phenoxy) is 2. The first kappa shape index (κ1) is 23.1. The van der Waals surface area contributed by atoms with Gasteiger partial charge in [0.1, 0.15) is 0 Å². The molecule has 160 valence electrons. The van der Waals surface area contributed by atoms with Crippen molar-refractivity contribution in [1.82, 2.24) is 5.32 Å². The zero-order chi connectivity index (χ0) is 21.9. The number of hydrogen-bond acceptors (Lipinski definition) is 4. The van der Waals surface area contributed by atoms with Gasteiger partial charge < -0.3 is 14.8 Å². The average Bonchev–Trinajstić information content (AvgIpc) is 2.76. The molecule has 2 aromatic carbocycles. The number of aryl methyl sites for hydroxylation is 3. The summed E-state index contributed by atoms with van der Waals surface area (Å²) in [5.74, 6) is 0.769. The van der Waals surface area contributed by atoms with Crippen molar-refractivity contribution in [2.75, 3.05) is 26.8 Å². The summed E-state index contributed by atoms with van der Waals surface area (Å²) < 4.78 is 11.0. The molecule has 2 rings (SSSR count). The molecule has 1 atom stereocenters. The first-order chi connectivity index (χ1) is 14.5. The molecule has 2 aromatic rings. The van der Waals surface area contributed by atoms with Crippen LogP contribution in [0.25, 0.3) is 10.4 Å². The number of rotatable bonds is 11. The van der Waals surface area contributed by atoms with Crippen LogP contribution in [0.5, 0.6) is 11.5 Å². The second-order valence-corrected chi connectivity index (χ2v) is 7.25. The molecule has 0 saturated carbocycles. The number of amides is 1. The van der Waals surface area contributed by atoms with E-state index in [9.17, 15) is 4.79 Å². The zero-order valence-electron chi connectivity index (χ0n) is 18.1. The monoisotopic (exact) mass is 410 g/mol. The molecule has 0 aliphatic rings. The van der Waals surface area contributed by atoms with Crippen LogP contribution in [0.1, 0.15) is 41.5 Å². The lowest BCUT2D eigenvalue weighted by atomic mass is 9.99. The average molecular weight is 411 g/mol. The maximum Gasteiger partial charge on any atom is 0.227 e. The van der Waals surface area contributed by atoms with Crippen molar-refractivity contribution in [3.63, 3.8) is 0 Å². The number of nitrogens with one attached hydrogen (secondary N) is 1. The number of hydrogen-bond donors (Lipinski definition) is 1. The molecule has 0 saturated heterocycles. The van der Waals surface area contributed by atoms with Crippen LogP contribution >= 0.6 is 0 Å². The molecule has 30 heavy (non-hydrogen) atoms. The topological polar surface area (TPSA) is 96.3 Å². The van der Waals surface area contributed by atoms with Crippen LogP contribution in [0, 0.1) is 13.8 Å². The van der Waals surface area contributed by atoms with Crippen molar-refractivity contribution in [2.24, 2.45) is 5.11 Å². The molecule has 0 bridgehead atoms. The number of azide groups is 1. The molecule has 0 spiro atoms. The fourth-order valence-corrected chi connectivity index (χ4v) is 3.08. The standard InChI is InChI=1S/C23H30N4O3/c1-16-7-8-19(14-17(16)2)6-5-11-25-23(28)18(3)20-9-10-21(22(15-20)29-4)30-13-12-26-27-24/h7-10,14-15,18H,5-6,11-13H2,1-4H3,(H,25,28). The van der Waals surface area contributed by atoms with Gasteiger partial charge in [0.2, 0.25) is 5.91 Å². The lowest BCUT2D eigenvalue weighted by molar-refractivity contribution is -0.122. The van der Waals surface area contributed by atoms with Crippen molar-refractivity contribution in [1.29, 1.82) is 0 Å². The lowest BCUT2D eigenvalue weighted by Gasteiger charge is -2.16. The van der Waals surface area contributed by atoms with Crippen molar-refractivity contribution in [2.45, 2.75) is 39.5 Å². The van der Waals surface area contributed by atoms with E-state index in [0.29, 0.717) is 18.0 Å². The van der Waals surface area contributed by atoms with Crippen molar-refractivity contribution in [3.8, 4) is 11.5 Å². The van der Waals surface area contributed by atoms with Crippen LogP contribution in [0.4, 0.5) is 0 Å². The van der Waals surface area contributed by atoms with E-state index in [-0.39, 0.29) is 25.0 Å². The summed E-state index contributed by atoms with van der Waals surface area (Å²) in [6.45, 7) is 7.23. The Balaban J connectivity index is 1.86. The minimum Gasteiger partial charge on any atom is -0.493 e. The number of carbonyl (C=O) groups is 1. The van der Waals surface area contributed by atoms with Gasteiger partial charge in [-0.05, 0) is 73.5 Å². The van der Waals surface area contributed by atoms with Gasteiger partial charge in [-0.15, -0.1) is 0 Å². The summed E-state index contributed by atoms with van der Waals surface area (Å²) in [5.41, 5.74) is 13.0. The Morgan fingerprint density at radius 1 is 1.17 bits per heavy atom. The number of methoxy groups -OCH3 is 1. The maximum absolute atomic E-state index is 12.6. The van der Waals surface area contributed by atoms with Gasteiger partial charge in [-0.3, -0.25) is 4.79 Å². The fourth-order valence-electron chi connectivity index (χ4n) is 3.08. The number of benzene rings is 2. The summed E-state index contributed by atoms with van der Waals surface area (Å²) in [5, 5.41) is 6.46. The minimum atomic E-state index is -0.308. The van der Waals surface area contributed by atoms with E-state index in [1.807, 2.05) is 19.1 Å². The molecule has 0 aromatic heterocycles. The Morgan fingerprint density at radius 2 is 1.97 bits per heavy atom. The third kappa shape index (κ3) is 6.71. The van der Waals surface area contributed by atoms with Crippen LogP contribution in [-0.4, -0.2) is 32.7 Å². The van der Waals surface area contributed by atoms with Crippen molar-refractivity contribution >= 4 is 5.91 Å². The second kappa shape index (κ2) is 11.7. The largest absolute Gasteiger partial charge is 0.493 e. The predicted octanol–water partition coefficient (Wildman–Crippen LogP) is 4.85. The highest BCUT2D eigenvalue weighted by molar-refractivity contribution is 5.83. The Bertz CT molecular complexity index is 907. The summed E-state index contributed by atoms with van der Waals surface area (Å²) >= 11 is 0. The molecule has 1 unspecified atom stereocenters. The van der Waals surface area contributed by atoms with E-state index in [2.05, 4.69) is 47.4 Å². The normalized spacial score (nSPS) is 11.3. The molecule has 1 N–H and O–H groups in total. The van der Waals surface area contributed by atoms with E-state index in [0.717, 1.165) is 18.4 Å². The van der Waals surface area contributed by atoms with Gasteiger partial charge in [-0.2, -0.15) is 0 Å². The Kier molecular flexibility index (Phi) is 9.03. The molecule has 0 heterocycles. The van der Waals surface area contributed by atoms with Crippen molar-refractivity contribution in [3.05, 3.63) is 69.1 Å². The summed E-state index contributed by atoms with van der Waals surface area (Å²) in [6.07, 6.45) is 1.83. The smallest absolute Gasteiger partial charge is 0.227 e. The third-order valence-electron chi connectivity index (χ3n) is 5.11. The van der Waals surface area contributed by atoms with E-state index in [4.69, 9.17) is 15.0 Å². The molecule has 0 fully saturated rings. The maximum atomic E-state index is 12.6. The predicted molar refractivity (Wildman–Crippen MR) is 118 cm³/mol. The molecule has 1 amide bonds. The van der Waals surface area contributed by atoms with Gasteiger partial charge in [0.15, 0.2) is 11.5 Å². The van der Waals surface area contributed by atoms with E-state index >= 15 is 0 Å². The first-order valence-corrected chi connectivity index (χ1v) is 10.1. The first-order valence-electron chi connectivity index (χ1n) is 10.1.